The summed E-state index contributed by atoms with van der Waals surface area (Å²) in [7, 11) is 0. The van der Waals surface area contributed by atoms with E-state index in [-0.39, 0.29) is 11.9 Å². The van der Waals surface area contributed by atoms with Crippen LogP contribution in [0, 0.1) is 0 Å². The topological polar surface area (TPSA) is 44.4 Å². The first kappa shape index (κ1) is 15.2. The molecule has 1 aliphatic heterocycles. The molecule has 0 aromatic heterocycles. The zero-order valence-electron chi connectivity index (χ0n) is 11.7. The van der Waals surface area contributed by atoms with Crippen LogP contribution >= 0.6 is 0 Å². The lowest BCUT2D eigenvalue weighted by molar-refractivity contribution is -0.126. The van der Waals surface area contributed by atoms with Crippen LogP contribution in [0.5, 0.6) is 0 Å². The lowest BCUT2D eigenvalue weighted by Gasteiger charge is -2.37. The van der Waals surface area contributed by atoms with Crippen LogP contribution in [0.15, 0.2) is 12.7 Å². The fourth-order valence-corrected chi connectivity index (χ4v) is 2.56. The molecule has 2 N–H and O–H groups in total. The molecule has 1 rings (SSSR count). The lowest BCUT2D eigenvalue weighted by atomic mass is 10.0. The third-order valence-electron chi connectivity index (χ3n) is 3.56. The van der Waals surface area contributed by atoms with Crippen molar-refractivity contribution >= 4 is 5.91 Å². The summed E-state index contributed by atoms with van der Waals surface area (Å²) in [6.07, 6.45) is 5.08. The van der Waals surface area contributed by atoms with E-state index >= 15 is 0 Å². The van der Waals surface area contributed by atoms with E-state index in [1.807, 2.05) is 6.92 Å². The molecule has 1 heterocycles. The first-order valence-electron chi connectivity index (χ1n) is 7.05. The van der Waals surface area contributed by atoms with E-state index < -0.39 is 0 Å². The molecule has 0 spiro atoms. The average molecular weight is 253 g/mol. The van der Waals surface area contributed by atoms with Crippen molar-refractivity contribution in [2.45, 2.75) is 45.2 Å². The van der Waals surface area contributed by atoms with Gasteiger partial charge >= 0.3 is 0 Å². The Kier molecular flexibility index (Phi) is 6.98. The van der Waals surface area contributed by atoms with E-state index in [2.05, 4.69) is 29.0 Å². The number of carbonyl (C=O) groups excluding carboxylic acids is 1. The van der Waals surface area contributed by atoms with Crippen LogP contribution < -0.4 is 10.6 Å². The molecule has 0 bridgehead atoms. The minimum Gasteiger partial charge on any atom is -0.351 e. The molecule has 1 atom stereocenters. The number of nitrogens with zero attached hydrogens (tertiary/aromatic N) is 1. The monoisotopic (exact) mass is 253 g/mol. The van der Waals surface area contributed by atoms with Crippen molar-refractivity contribution in [1.29, 1.82) is 0 Å². The summed E-state index contributed by atoms with van der Waals surface area (Å²) in [5.74, 6) is 0.113. The quantitative estimate of drug-likeness (QED) is 0.669. The highest BCUT2D eigenvalue weighted by Gasteiger charge is 2.28. The van der Waals surface area contributed by atoms with Crippen LogP contribution in [0.2, 0.25) is 0 Å². The van der Waals surface area contributed by atoms with Gasteiger partial charge in [0.25, 0.3) is 0 Å². The van der Waals surface area contributed by atoms with Gasteiger partial charge in [-0.2, -0.15) is 0 Å². The highest BCUT2D eigenvalue weighted by Crippen LogP contribution is 2.15. The van der Waals surface area contributed by atoms with E-state index in [1.165, 1.54) is 0 Å². The number of amides is 1. The van der Waals surface area contributed by atoms with E-state index in [0.29, 0.717) is 12.6 Å². The third kappa shape index (κ3) is 4.42. The molecule has 18 heavy (non-hydrogen) atoms. The number of carbonyl (C=O) groups is 1. The lowest BCUT2D eigenvalue weighted by Crippen LogP contribution is -2.52. The fourth-order valence-electron chi connectivity index (χ4n) is 2.56. The van der Waals surface area contributed by atoms with Gasteiger partial charge in [0.1, 0.15) is 0 Å². The Morgan fingerprint density at radius 2 is 2.22 bits per heavy atom. The molecule has 1 aliphatic rings. The minimum atomic E-state index is -0.0481. The summed E-state index contributed by atoms with van der Waals surface area (Å²) in [6.45, 7) is 11.5. The second-order valence-electron chi connectivity index (χ2n) is 4.93. The van der Waals surface area contributed by atoms with E-state index in [4.69, 9.17) is 0 Å². The van der Waals surface area contributed by atoms with Crippen LogP contribution in [-0.2, 0) is 4.79 Å². The molecule has 4 heteroatoms. The molecular formula is C14H27N3O. The predicted molar refractivity (Wildman–Crippen MR) is 75.6 cm³/mol. The smallest absolute Gasteiger partial charge is 0.237 e. The maximum Gasteiger partial charge on any atom is 0.237 e. The summed E-state index contributed by atoms with van der Waals surface area (Å²) < 4.78 is 0. The van der Waals surface area contributed by atoms with E-state index in [9.17, 15) is 4.79 Å². The fraction of sp³-hybridized carbons (Fsp3) is 0.786. The minimum absolute atomic E-state index is 0.0481. The van der Waals surface area contributed by atoms with Crippen LogP contribution in [-0.4, -0.2) is 49.1 Å². The maximum atomic E-state index is 12.0. The van der Waals surface area contributed by atoms with Gasteiger partial charge in [-0.1, -0.05) is 13.0 Å². The first-order valence-corrected chi connectivity index (χ1v) is 7.05. The predicted octanol–water partition coefficient (Wildman–Crippen LogP) is 1.14. The molecule has 1 saturated heterocycles. The van der Waals surface area contributed by atoms with E-state index in [0.717, 1.165) is 38.9 Å². The number of rotatable bonds is 7. The van der Waals surface area contributed by atoms with Gasteiger partial charge in [-0.25, -0.2) is 0 Å². The number of nitrogens with one attached hydrogen (secondary N) is 2. The van der Waals surface area contributed by atoms with Crippen LogP contribution in [0.25, 0.3) is 0 Å². The Hall–Kier alpha value is -0.870. The molecule has 0 aliphatic carbocycles. The molecule has 0 radical (unpaired) electrons. The van der Waals surface area contributed by atoms with Gasteiger partial charge in [0, 0.05) is 12.6 Å². The van der Waals surface area contributed by atoms with Crippen molar-refractivity contribution in [2.24, 2.45) is 0 Å². The second kappa shape index (κ2) is 8.27. The molecular weight excluding hydrogens is 226 g/mol. The summed E-state index contributed by atoms with van der Waals surface area (Å²) in [5.41, 5.74) is 0. The number of hydrogen-bond acceptors (Lipinski definition) is 3. The van der Waals surface area contributed by atoms with Crippen LogP contribution in [0.1, 0.15) is 33.1 Å². The normalized spacial score (nSPS) is 18.6. The Balaban J connectivity index is 2.57. The molecule has 0 saturated carbocycles. The molecule has 1 fully saturated rings. The largest absolute Gasteiger partial charge is 0.351 e. The molecule has 1 amide bonds. The summed E-state index contributed by atoms with van der Waals surface area (Å²) >= 11 is 0. The summed E-state index contributed by atoms with van der Waals surface area (Å²) in [5, 5.41) is 6.27. The number of piperidine rings is 1. The maximum absolute atomic E-state index is 12.0. The third-order valence-corrected chi connectivity index (χ3v) is 3.56. The van der Waals surface area contributed by atoms with Crippen LogP contribution in [0.3, 0.4) is 0 Å². The van der Waals surface area contributed by atoms with Crippen molar-refractivity contribution < 1.29 is 4.79 Å². The van der Waals surface area contributed by atoms with Gasteiger partial charge in [0.2, 0.25) is 5.91 Å². The van der Waals surface area contributed by atoms with E-state index in [1.54, 1.807) is 6.08 Å². The zero-order chi connectivity index (χ0) is 13.4. The highest BCUT2D eigenvalue weighted by atomic mass is 16.2. The zero-order valence-corrected chi connectivity index (χ0v) is 11.7. The van der Waals surface area contributed by atoms with Gasteiger partial charge in [0.15, 0.2) is 0 Å². The van der Waals surface area contributed by atoms with Crippen molar-refractivity contribution in [3.05, 3.63) is 12.7 Å². The first-order chi connectivity index (χ1) is 8.70. The van der Waals surface area contributed by atoms with Gasteiger partial charge in [-0.3, -0.25) is 9.69 Å². The Morgan fingerprint density at radius 1 is 1.56 bits per heavy atom. The second-order valence-corrected chi connectivity index (χ2v) is 4.93. The molecule has 0 aromatic carbocycles. The SMILES string of the molecule is C=CCNC(=O)C(C)N(CCC)C1CCNCC1. The Labute approximate surface area is 111 Å². The van der Waals surface area contributed by atoms with Crippen molar-refractivity contribution in [1.82, 2.24) is 15.5 Å². The summed E-state index contributed by atoms with van der Waals surface area (Å²) in [4.78, 5) is 14.4. The van der Waals surface area contributed by atoms with Crippen molar-refractivity contribution in [3.63, 3.8) is 0 Å². The standard InChI is InChI=1S/C14H27N3O/c1-4-8-16-14(18)12(3)17(11-5-2)13-6-9-15-10-7-13/h4,12-13,15H,1,5-11H2,2-3H3,(H,16,18). The van der Waals surface area contributed by atoms with Gasteiger partial charge in [-0.15, -0.1) is 6.58 Å². The molecule has 0 aromatic rings. The van der Waals surface area contributed by atoms with Gasteiger partial charge < -0.3 is 10.6 Å². The average Bonchev–Trinajstić information content (AvgIpc) is 2.42. The van der Waals surface area contributed by atoms with Gasteiger partial charge in [-0.05, 0) is 45.8 Å². The Bertz CT molecular complexity index is 262. The molecule has 104 valence electrons. The Morgan fingerprint density at radius 3 is 2.78 bits per heavy atom. The van der Waals surface area contributed by atoms with Crippen LogP contribution in [0.4, 0.5) is 0 Å². The van der Waals surface area contributed by atoms with Gasteiger partial charge in [0.05, 0.1) is 6.04 Å². The van der Waals surface area contributed by atoms with Crippen molar-refractivity contribution in [2.75, 3.05) is 26.2 Å². The van der Waals surface area contributed by atoms with Crippen molar-refractivity contribution in [3.8, 4) is 0 Å². The molecule has 1 unspecified atom stereocenters. The number of hydrogen-bond donors (Lipinski definition) is 2. The summed E-state index contributed by atoms with van der Waals surface area (Å²) in [6, 6.07) is 0.490. The highest BCUT2D eigenvalue weighted by molar-refractivity contribution is 5.81. The molecule has 4 nitrogen and oxygen atoms in total.